The van der Waals surface area contributed by atoms with Gasteiger partial charge < -0.3 is 14.2 Å². The Balaban J connectivity index is 1.71. The molecule has 3 aromatic rings. The molecule has 4 rings (SSSR count). The van der Waals surface area contributed by atoms with Gasteiger partial charge in [0.25, 0.3) is 0 Å². The van der Waals surface area contributed by atoms with Crippen LogP contribution in [0.5, 0.6) is 0 Å². The molecule has 0 amide bonds. The van der Waals surface area contributed by atoms with E-state index in [9.17, 15) is 9.59 Å². The summed E-state index contributed by atoms with van der Waals surface area (Å²) in [5, 5.41) is 9.95. The first-order chi connectivity index (χ1) is 17.6. The van der Waals surface area contributed by atoms with Crippen LogP contribution in [0.4, 0.5) is 0 Å². The molecule has 1 aliphatic heterocycles. The molecule has 2 aromatic heterocycles. The van der Waals surface area contributed by atoms with Gasteiger partial charge in [-0.2, -0.15) is 0 Å². The summed E-state index contributed by atoms with van der Waals surface area (Å²) in [6.07, 6.45) is 3.31. The van der Waals surface area contributed by atoms with Crippen molar-refractivity contribution < 1.29 is 23.8 Å². The second-order valence-electron chi connectivity index (χ2n) is 8.44. The van der Waals surface area contributed by atoms with E-state index >= 15 is 0 Å². The zero-order valence-electron chi connectivity index (χ0n) is 20.0. The molecule has 1 saturated heterocycles. The highest BCUT2D eigenvalue weighted by Gasteiger charge is 2.48. The second-order valence-corrected chi connectivity index (χ2v) is 10.9. The van der Waals surface area contributed by atoms with E-state index < -0.39 is 35.6 Å². The van der Waals surface area contributed by atoms with Gasteiger partial charge in [0, 0.05) is 42.6 Å². The van der Waals surface area contributed by atoms with Crippen LogP contribution < -0.4 is 0 Å². The van der Waals surface area contributed by atoms with Crippen molar-refractivity contribution in [3.8, 4) is 11.3 Å². The molecule has 0 spiro atoms. The number of esters is 2. The van der Waals surface area contributed by atoms with Crippen LogP contribution in [0.1, 0.15) is 26.8 Å². The first-order valence-corrected chi connectivity index (χ1v) is 13.2. The lowest BCUT2D eigenvalue weighted by Gasteiger charge is -2.44. The number of hydrogen-bond donors (Lipinski definition) is 0. The number of nitrogens with zero attached hydrogens (tertiary/aromatic N) is 4. The maximum absolute atomic E-state index is 12.1. The van der Waals surface area contributed by atoms with Crippen LogP contribution in [0.3, 0.4) is 0 Å². The fourth-order valence-corrected chi connectivity index (χ4v) is 5.75. The van der Waals surface area contributed by atoms with Gasteiger partial charge in [0.15, 0.2) is 6.10 Å². The van der Waals surface area contributed by atoms with E-state index in [1.165, 1.54) is 31.8 Å². The van der Waals surface area contributed by atoms with Gasteiger partial charge >= 0.3 is 11.9 Å². The summed E-state index contributed by atoms with van der Waals surface area (Å²) in [5.41, 5.74) is 0.774. The average molecular weight is 586 g/mol. The minimum Gasteiger partial charge on any atom is -0.463 e. The maximum Gasteiger partial charge on any atom is 0.303 e. The molecule has 1 aliphatic rings. The van der Waals surface area contributed by atoms with Crippen molar-refractivity contribution in [2.45, 2.75) is 49.4 Å². The SMILES string of the molecule is CC(=O)OCC1O[C@H](Sc2ccc(Cl)c(Cl)c2)C(C)[C@@H](n2cc(-c3cncc(Cl)c3)nn2)[C@H]1OC(C)=O. The summed E-state index contributed by atoms with van der Waals surface area (Å²) in [5.74, 6) is -1.23. The van der Waals surface area contributed by atoms with Crippen LogP contribution in [0.2, 0.25) is 15.1 Å². The van der Waals surface area contributed by atoms with Gasteiger partial charge in [-0.1, -0.05) is 58.7 Å². The number of thioether (sulfide) groups is 1. The van der Waals surface area contributed by atoms with Crippen molar-refractivity contribution in [3.63, 3.8) is 0 Å². The largest absolute Gasteiger partial charge is 0.463 e. The van der Waals surface area contributed by atoms with Gasteiger partial charge in [-0.05, 0) is 24.3 Å². The van der Waals surface area contributed by atoms with Crippen LogP contribution >= 0.6 is 46.6 Å². The molecule has 0 saturated carbocycles. The average Bonchev–Trinajstić information content (AvgIpc) is 3.32. The molecular formula is C24H23Cl3N4O5S. The number of benzene rings is 1. The van der Waals surface area contributed by atoms with Gasteiger partial charge in [-0.25, -0.2) is 4.68 Å². The molecular weight excluding hydrogens is 563 g/mol. The quantitative estimate of drug-likeness (QED) is 0.333. The molecule has 1 aromatic carbocycles. The number of carbonyl (C=O) groups is 2. The summed E-state index contributed by atoms with van der Waals surface area (Å²) in [7, 11) is 0. The lowest BCUT2D eigenvalue weighted by molar-refractivity contribution is -0.191. The number of rotatable bonds is 7. The van der Waals surface area contributed by atoms with E-state index in [2.05, 4.69) is 15.3 Å². The number of halogens is 3. The molecule has 13 heteroatoms. The van der Waals surface area contributed by atoms with Gasteiger partial charge in [-0.3, -0.25) is 14.6 Å². The fraction of sp³-hybridized carbons (Fsp3) is 0.375. The predicted molar refractivity (Wildman–Crippen MR) is 140 cm³/mol. The molecule has 1 fully saturated rings. The Morgan fingerprint density at radius 1 is 1.11 bits per heavy atom. The Labute approximate surface area is 232 Å². The number of carbonyl (C=O) groups excluding carboxylic acids is 2. The monoisotopic (exact) mass is 584 g/mol. The van der Waals surface area contributed by atoms with Crippen LogP contribution in [0.25, 0.3) is 11.3 Å². The lowest BCUT2D eigenvalue weighted by atomic mass is 9.90. The number of pyridine rings is 1. The van der Waals surface area contributed by atoms with Crippen LogP contribution in [-0.2, 0) is 23.8 Å². The van der Waals surface area contributed by atoms with E-state index in [1.807, 2.05) is 13.0 Å². The molecule has 9 nitrogen and oxygen atoms in total. The fourth-order valence-electron chi connectivity index (χ4n) is 4.04. The van der Waals surface area contributed by atoms with Gasteiger partial charge in [-0.15, -0.1) is 5.10 Å². The topological polar surface area (TPSA) is 105 Å². The van der Waals surface area contributed by atoms with Crippen molar-refractivity contribution in [1.29, 1.82) is 0 Å². The Morgan fingerprint density at radius 2 is 1.89 bits per heavy atom. The molecule has 0 bridgehead atoms. The number of aromatic nitrogens is 4. The third-order valence-corrected chi connectivity index (χ3v) is 7.94. The summed E-state index contributed by atoms with van der Waals surface area (Å²) in [6.45, 7) is 4.45. The molecule has 0 aliphatic carbocycles. The molecule has 0 N–H and O–H groups in total. The van der Waals surface area contributed by atoms with Crippen molar-refractivity contribution in [2.75, 3.05) is 6.61 Å². The molecule has 2 unspecified atom stereocenters. The highest BCUT2D eigenvalue weighted by atomic mass is 35.5. The lowest BCUT2D eigenvalue weighted by Crippen LogP contribution is -2.53. The molecule has 196 valence electrons. The summed E-state index contributed by atoms with van der Waals surface area (Å²) >= 11 is 19.8. The van der Waals surface area contributed by atoms with E-state index in [1.54, 1.807) is 35.3 Å². The van der Waals surface area contributed by atoms with E-state index in [0.717, 1.165) is 4.90 Å². The second kappa shape index (κ2) is 12.0. The molecule has 3 heterocycles. The first-order valence-electron chi connectivity index (χ1n) is 11.2. The summed E-state index contributed by atoms with van der Waals surface area (Å²) < 4.78 is 19.0. The molecule has 0 radical (unpaired) electrons. The molecule has 5 atom stereocenters. The summed E-state index contributed by atoms with van der Waals surface area (Å²) in [4.78, 5) is 28.6. The van der Waals surface area contributed by atoms with E-state index in [-0.39, 0.29) is 12.5 Å². The summed E-state index contributed by atoms with van der Waals surface area (Å²) in [6, 6.07) is 6.51. The van der Waals surface area contributed by atoms with Crippen molar-refractivity contribution in [3.05, 3.63) is 57.9 Å². The zero-order chi connectivity index (χ0) is 26.7. The van der Waals surface area contributed by atoms with E-state index in [0.29, 0.717) is 26.3 Å². The van der Waals surface area contributed by atoms with Gasteiger partial charge in [0.05, 0.1) is 27.3 Å². The Hall–Kier alpha value is -2.37. The van der Waals surface area contributed by atoms with Gasteiger partial charge in [0.2, 0.25) is 0 Å². The van der Waals surface area contributed by atoms with Crippen LogP contribution in [0, 0.1) is 5.92 Å². The minimum atomic E-state index is -0.815. The first kappa shape index (κ1) is 27.7. The smallest absolute Gasteiger partial charge is 0.303 e. The maximum atomic E-state index is 12.1. The number of ether oxygens (including phenoxy) is 3. The highest BCUT2D eigenvalue weighted by molar-refractivity contribution is 7.99. The minimum absolute atomic E-state index is 0.116. The van der Waals surface area contributed by atoms with Crippen LogP contribution in [-0.4, -0.2) is 56.2 Å². The standard InChI is InChI=1S/C24H23Cl3N4O5S/c1-12-22(31-10-20(29-30-31)15-6-16(25)9-28-8-15)23(35-14(3)33)21(11-34-13(2)32)36-24(12)37-17-4-5-18(26)19(27)7-17/h4-10,12,21-24H,11H2,1-3H3/t12?,21?,22-,23+,24-/m1/s1. The number of hydrogen-bond acceptors (Lipinski definition) is 9. The van der Waals surface area contributed by atoms with Crippen molar-refractivity contribution in [1.82, 2.24) is 20.0 Å². The Kier molecular flexibility index (Phi) is 8.97. The van der Waals surface area contributed by atoms with E-state index in [4.69, 9.17) is 49.0 Å². The van der Waals surface area contributed by atoms with Crippen LogP contribution in [0.15, 0.2) is 47.8 Å². The van der Waals surface area contributed by atoms with Crippen molar-refractivity contribution in [2.24, 2.45) is 5.92 Å². The Bertz CT molecular complexity index is 1290. The Morgan fingerprint density at radius 3 is 2.57 bits per heavy atom. The highest BCUT2D eigenvalue weighted by Crippen LogP contribution is 2.44. The van der Waals surface area contributed by atoms with Crippen molar-refractivity contribution >= 4 is 58.5 Å². The molecule has 37 heavy (non-hydrogen) atoms. The predicted octanol–water partition coefficient (Wildman–Crippen LogP) is 5.49. The normalized spacial score (nSPS) is 23.5. The third kappa shape index (κ3) is 6.74. The van der Waals surface area contributed by atoms with Gasteiger partial charge in [0.1, 0.15) is 23.8 Å². The zero-order valence-corrected chi connectivity index (χ0v) is 23.1. The third-order valence-electron chi connectivity index (χ3n) is 5.69.